The van der Waals surface area contributed by atoms with E-state index in [4.69, 9.17) is 0 Å². The third kappa shape index (κ3) is 4.21. The van der Waals surface area contributed by atoms with Crippen LogP contribution in [0.5, 0.6) is 0 Å². The topological polar surface area (TPSA) is 49.4 Å². The van der Waals surface area contributed by atoms with E-state index in [1.54, 1.807) is 4.90 Å². The number of hydrogen-bond acceptors (Lipinski definition) is 2. The molecule has 3 aromatic rings. The Hall–Kier alpha value is -3.40. The molecule has 1 saturated heterocycles. The molecule has 3 aromatic carbocycles. The van der Waals surface area contributed by atoms with Gasteiger partial charge >= 0.3 is 0 Å². The van der Waals surface area contributed by atoms with Crippen molar-refractivity contribution in [2.24, 2.45) is 5.92 Å². The lowest BCUT2D eigenvalue weighted by Crippen LogP contribution is -2.38. The van der Waals surface area contributed by atoms with Gasteiger partial charge in [0.25, 0.3) is 0 Å². The largest absolute Gasteiger partial charge is 0.354 e. The van der Waals surface area contributed by atoms with E-state index in [9.17, 15) is 9.59 Å². The van der Waals surface area contributed by atoms with Crippen molar-refractivity contribution >= 4 is 17.5 Å². The summed E-state index contributed by atoms with van der Waals surface area (Å²) in [5.41, 5.74) is 3.13. The van der Waals surface area contributed by atoms with Gasteiger partial charge in [0.2, 0.25) is 11.8 Å². The Morgan fingerprint density at radius 3 is 1.93 bits per heavy atom. The molecule has 1 atom stereocenters. The van der Waals surface area contributed by atoms with Crippen molar-refractivity contribution in [3.05, 3.63) is 102 Å². The lowest BCUT2D eigenvalue weighted by molar-refractivity contribution is -0.132. The smallest absolute Gasteiger partial charge is 0.239 e. The summed E-state index contributed by atoms with van der Waals surface area (Å²) < 4.78 is 0. The van der Waals surface area contributed by atoms with Crippen LogP contribution in [-0.4, -0.2) is 24.9 Å². The Morgan fingerprint density at radius 1 is 0.862 bits per heavy atom. The van der Waals surface area contributed by atoms with Gasteiger partial charge in [0.05, 0.1) is 0 Å². The molecule has 4 rings (SSSR count). The molecule has 2 amide bonds. The van der Waals surface area contributed by atoms with Crippen molar-refractivity contribution in [3.63, 3.8) is 0 Å². The Bertz CT molecular complexity index is 918. The highest BCUT2D eigenvalue weighted by Crippen LogP contribution is 2.27. The van der Waals surface area contributed by atoms with Gasteiger partial charge in [0.1, 0.15) is 5.92 Å². The van der Waals surface area contributed by atoms with E-state index in [1.807, 2.05) is 66.7 Å². The van der Waals surface area contributed by atoms with Crippen LogP contribution in [0.2, 0.25) is 0 Å². The van der Waals surface area contributed by atoms with Crippen LogP contribution >= 0.6 is 0 Å². The first-order chi connectivity index (χ1) is 14.2. The zero-order chi connectivity index (χ0) is 20.1. The van der Waals surface area contributed by atoms with Gasteiger partial charge in [-0.2, -0.15) is 0 Å². The van der Waals surface area contributed by atoms with Crippen molar-refractivity contribution in [1.29, 1.82) is 0 Å². The quantitative estimate of drug-likeness (QED) is 0.654. The van der Waals surface area contributed by atoms with Crippen molar-refractivity contribution in [2.45, 2.75) is 12.3 Å². The first-order valence-corrected chi connectivity index (χ1v) is 9.98. The molecule has 1 aliphatic heterocycles. The number of nitrogens with zero attached hydrogens (tertiary/aromatic N) is 1. The average Bonchev–Trinajstić information content (AvgIpc) is 3.17. The van der Waals surface area contributed by atoms with Crippen LogP contribution in [0.25, 0.3) is 0 Å². The average molecular weight is 384 g/mol. The van der Waals surface area contributed by atoms with Gasteiger partial charge < -0.3 is 10.2 Å². The second-order valence-corrected chi connectivity index (χ2v) is 7.29. The SMILES string of the molecule is O=C(NCC(c1ccccc1)c1ccccc1)C1CCN(c2ccccc2)C1=O. The normalized spacial score (nSPS) is 16.2. The molecule has 0 radical (unpaired) electrons. The zero-order valence-electron chi connectivity index (χ0n) is 16.2. The zero-order valence-corrected chi connectivity index (χ0v) is 16.2. The fourth-order valence-electron chi connectivity index (χ4n) is 3.91. The fourth-order valence-corrected chi connectivity index (χ4v) is 3.91. The van der Waals surface area contributed by atoms with Crippen LogP contribution in [0.1, 0.15) is 23.5 Å². The monoisotopic (exact) mass is 384 g/mol. The summed E-state index contributed by atoms with van der Waals surface area (Å²) in [7, 11) is 0. The molecule has 4 nitrogen and oxygen atoms in total. The number of para-hydroxylation sites is 1. The molecule has 29 heavy (non-hydrogen) atoms. The third-order valence-corrected chi connectivity index (χ3v) is 5.47. The number of carbonyl (C=O) groups excluding carboxylic acids is 2. The number of carbonyl (C=O) groups is 2. The minimum atomic E-state index is -0.623. The second kappa shape index (κ2) is 8.74. The van der Waals surface area contributed by atoms with Gasteiger partial charge in [-0.1, -0.05) is 78.9 Å². The Balaban J connectivity index is 1.45. The van der Waals surface area contributed by atoms with Gasteiger partial charge in [-0.15, -0.1) is 0 Å². The molecule has 0 spiro atoms. The highest BCUT2D eigenvalue weighted by molar-refractivity contribution is 6.09. The number of anilines is 1. The lowest BCUT2D eigenvalue weighted by atomic mass is 9.91. The summed E-state index contributed by atoms with van der Waals surface area (Å²) in [6, 6.07) is 29.8. The molecule has 0 aromatic heterocycles. The van der Waals surface area contributed by atoms with Crippen LogP contribution in [0, 0.1) is 5.92 Å². The van der Waals surface area contributed by atoms with E-state index >= 15 is 0 Å². The van der Waals surface area contributed by atoms with Crippen LogP contribution in [-0.2, 0) is 9.59 Å². The summed E-state index contributed by atoms with van der Waals surface area (Å²) in [4.78, 5) is 27.3. The number of rotatable bonds is 6. The lowest BCUT2D eigenvalue weighted by Gasteiger charge is -2.20. The van der Waals surface area contributed by atoms with E-state index in [-0.39, 0.29) is 17.7 Å². The summed E-state index contributed by atoms with van der Waals surface area (Å²) in [6.45, 7) is 1.03. The first kappa shape index (κ1) is 18.9. The van der Waals surface area contributed by atoms with Crippen molar-refractivity contribution in [1.82, 2.24) is 5.32 Å². The number of hydrogen-bond donors (Lipinski definition) is 1. The second-order valence-electron chi connectivity index (χ2n) is 7.29. The molecule has 1 fully saturated rings. The van der Waals surface area contributed by atoms with Crippen molar-refractivity contribution < 1.29 is 9.59 Å². The molecular weight excluding hydrogens is 360 g/mol. The molecule has 1 N–H and O–H groups in total. The predicted molar refractivity (Wildman–Crippen MR) is 115 cm³/mol. The van der Waals surface area contributed by atoms with Crippen molar-refractivity contribution in [3.8, 4) is 0 Å². The van der Waals surface area contributed by atoms with Crippen LogP contribution in [0.3, 0.4) is 0 Å². The summed E-state index contributed by atoms with van der Waals surface area (Å²) in [5, 5.41) is 3.04. The maximum absolute atomic E-state index is 12.8. The number of amides is 2. The Kier molecular flexibility index (Phi) is 5.71. The summed E-state index contributed by atoms with van der Waals surface area (Å²) >= 11 is 0. The molecule has 146 valence electrons. The van der Waals surface area contributed by atoms with Crippen molar-refractivity contribution in [2.75, 3.05) is 18.0 Å². The molecule has 1 aliphatic rings. The maximum Gasteiger partial charge on any atom is 0.239 e. The van der Waals surface area contributed by atoms with Gasteiger partial charge in [-0.05, 0) is 29.7 Å². The van der Waals surface area contributed by atoms with E-state index in [0.29, 0.717) is 19.5 Å². The number of benzene rings is 3. The Labute approximate surface area is 171 Å². The van der Waals surface area contributed by atoms with Gasteiger partial charge in [-0.25, -0.2) is 0 Å². The molecule has 0 bridgehead atoms. The van der Waals surface area contributed by atoms with E-state index < -0.39 is 5.92 Å². The molecule has 4 heteroatoms. The predicted octanol–water partition coefficient (Wildman–Crippen LogP) is 3.99. The highest BCUT2D eigenvalue weighted by Gasteiger charge is 2.37. The maximum atomic E-state index is 12.8. The molecule has 0 saturated carbocycles. The minimum absolute atomic E-state index is 0.0445. The highest BCUT2D eigenvalue weighted by atomic mass is 16.2. The van der Waals surface area contributed by atoms with Gasteiger partial charge in [0.15, 0.2) is 0 Å². The van der Waals surface area contributed by atoms with Gasteiger partial charge in [0, 0.05) is 24.7 Å². The van der Waals surface area contributed by atoms with Crippen LogP contribution in [0.4, 0.5) is 5.69 Å². The summed E-state index contributed by atoms with van der Waals surface area (Å²) in [5.74, 6) is -0.888. The van der Waals surface area contributed by atoms with Gasteiger partial charge in [-0.3, -0.25) is 9.59 Å². The molecular formula is C25H24N2O2. The first-order valence-electron chi connectivity index (χ1n) is 9.98. The third-order valence-electron chi connectivity index (χ3n) is 5.47. The minimum Gasteiger partial charge on any atom is -0.354 e. The summed E-state index contributed by atoms with van der Waals surface area (Å²) in [6.07, 6.45) is 0.543. The Morgan fingerprint density at radius 2 is 1.38 bits per heavy atom. The molecule has 0 aliphatic carbocycles. The fraction of sp³-hybridized carbons (Fsp3) is 0.200. The van der Waals surface area contributed by atoms with Crippen LogP contribution in [0.15, 0.2) is 91.0 Å². The number of nitrogens with one attached hydrogen (secondary N) is 1. The molecule has 1 unspecified atom stereocenters. The standard InChI is InChI=1S/C25H24N2O2/c28-24(22-16-17-27(25(22)29)21-14-8-3-9-15-21)26-18-23(19-10-4-1-5-11-19)20-12-6-2-7-13-20/h1-15,22-23H,16-18H2,(H,26,28). The van der Waals surface area contributed by atoms with E-state index in [0.717, 1.165) is 16.8 Å². The van der Waals surface area contributed by atoms with E-state index in [1.165, 1.54) is 0 Å². The molecule has 1 heterocycles. The van der Waals surface area contributed by atoms with Crippen LogP contribution < -0.4 is 10.2 Å². The van der Waals surface area contributed by atoms with E-state index in [2.05, 4.69) is 29.6 Å².